The van der Waals surface area contributed by atoms with Gasteiger partial charge in [-0.3, -0.25) is 0 Å². The Labute approximate surface area is 126 Å². The summed E-state index contributed by atoms with van der Waals surface area (Å²) in [6.45, 7) is 5.77. The molecule has 0 saturated heterocycles. The van der Waals surface area contributed by atoms with Gasteiger partial charge in [-0.15, -0.1) is 0 Å². The Bertz CT molecular complexity index is 583. The molecule has 0 saturated carbocycles. The third-order valence-electron chi connectivity index (χ3n) is 3.23. The SMILES string of the molecule is CCCNCc1cc(F)cc(Oc2cccc(CC)c2)c1. The summed E-state index contributed by atoms with van der Waals surface area (Å²) in [6, 6.07) is 12.7. The summed E-state index contributed by atoms with van der Waals surface area (Å²) < 4.78 is 19.5. The molecule has 0 unspecified atom stereocenters. The second-order valence-electron chi connectivity index (χ2n) is 5.07. The molecule has 1 N–H and O–H groups in total. The van der Waals surface area contributed by atoms with E-state index in [1.807, 2.05) is 24.3 Å². The van der Waals surface area contributed by atoms with Crippen LogP contribution < -0.4 is 10.1 Å². The minimum absolute atomic E-state index is 0.271. The molecule has 0 aliphatic rings. The molecular formula is C18H22FNO. The Kier molecular flexibility index (Phi) is 5.76. The summed E-state index contributed by atoms with van der Waals surface area (Å²) in [5.74, 6) is 1.01. The minimum Gasteiger partial charge on any atom is -0.457 e. The topological polar surface area (TPSA) is 21.3 Å². The summed E-state index contributed by atoms with van der Waals surface area (Å²) in [5.41, 5.74) is 2.10. The van der Waals surface area contributed by atoms with Crippen LogP contribution >= 0.6 is 0 Å². The quantitative estimate of drug-likeness (QED) is 0.747. The van der Waals surface area contributed by atoms with Crippen LogP contribution in [0.3, 0.4) is 0 Å². The molecule has 0 spiro atoms. The van der Waals surface area contributed by atoms with Crippen molar-refractivity contribution in [3.05, 3.63) is 59.4 Å². The summed E-state index contributed by atoms with van der Waals surface area (Å²) in [4.78, 5) is 0. The number of halogens is 1. The van der Waals surface area contributed by atoms with E-state index in [0.717, 1.165) is 30.7 Å². The fraction of sp³-hybridized carbons (Fsp3) is 0.333. The predicted octanol–water partition coefficient (Wildman–Crippen LogP) is 4.68. The summed E-state index contributed by atoms with van der Waals surface area (Å²) >= 11 is 0. The first kappa shape index (κ1) is 15.5. The molecule has 0 aliphatic carbocycles. The highest BCUT2D eigenvalue weighted by molar-refractivity contribution is 5.36. The first-order valence-electron chi connectivity index (χ1n) is 7.48. The van der Waals surface area contributed by atoms with E-state index in [-0.39, 0.29) is 5.82 Å². The van der Waals surface area contributed by atoms with Crippen molar-refractivity contribution < 1.29 is 9.13 Å². The number of hydrogen-bond acceptors (Lipinski definition) is 2. The number of nitrogens with one attached hydrogen (secondary N) is 1. The molecule has 0 aliphatic heterocycles. The van der Waals surface area contributed by atoms with Crippen molar-refractivity contribution in [2.24, 2.45) is 0 Å². The second-order valence-corrected chi connectivity index (χ2v) is 5.07. The maximum Gasteiger partial charge on any atom is 0.130 e. The van der Waals surface area contributed by atoms with Gasteiger partial charge in [0.15, 0.2) is 0 Å². The van der Waals surface area contributed by atoms with E-state index in [1.54, 1.807) is 0 Å². The third kappa shape index (κ3) is 4.87. The highest BCUT2D eigenvalue weighted by Crippen LogP contribution is 2.24. The molecule has 2 rings (SSSR count). The van der Waals surface area contributed by atoms with Crippen LogP contribution in [0, 0.1) is 5.82 Å². The van der Waals surface area contributed by atoms with Crippen LogP contribution in [-0.2, 0) is 13.0 Å². The molecule has 21 heavy (non-hydrogen) atoms. The first-order chi connectivity index (χ1) is 10.2. The molecule has 112 valence electrons. The average molecular weight is 287 g/mol. The number of ether oxygens (including phenoxy) is 1. The van der Waals surface area contributed by atoms with E-state index < -0.39 is 0 Å². The zero-order valence-corrected chi connectivity index (χ0v) is 12.7. The molecule has 0 bridgehead atoms. The van der Waals surface area contributed by atoms with E-state index in [2.05, 4.69) is 25.2 Å². The highest BCUT2D eigenvalue weighted by Gasteiger charge is 2.04. The first-order valence-corrected chi connectivity index (χ1v) is 7.48. The van der Waals surface area contributed by atoms with Crippen LogP contribution in [0.5, 0.6) is 11.5 Å². The molecule has 2 aromatic rings. The van der Waals surface area contributed by atoms with Crippen LogP contribution in [0.1, 0.15) is 31.4 Å². The molecule has 2 aromatic carbocycles. The maximum atomic E-state index is 13.7. The van der Waals surface area contributed by atoms with Crippen molar-refractivity contribution >= 4 is 0 Å². The maximum absolute atomic E-state index is 13.7. The third-order valence-corrected chi connectivity index (χ3v) is 3.23. The lowest BCUT2D eigenvalue weighted by Crippen LogP contribution is -2.13. The van der Waals surface area contributed by atoms with Gasteiger partial charge in [0.1, 0.15) is 17.3 Å². The lowest BCUT2D eigenvalue weighted by atomic mass is 10.1. The van der Waals surface area contributed by atoms with Crippen LogP contribution in [0.4, 0.5) is 4.39 Å². The van der Waals surface area contributed by atoms with E-state index in [4.69, 9.17) is 4.74 Å². The van der Waals surface area contributed by atoms with E-state index in [1.165, 1.54) is 17.7 Å². The van der Waals surface area contributed by atoms with E-state index in [9.17, 15) is 4.39 Å². The fourth-order valence-corrected chi connectivity index (χ4v) is 2.16. The van der Waals surface area contributed by atoms with Crippen molar-refractivity contribution in [3.63, 3.8) is 0 Å². The Morgan fingerprint density at radius 3 is 2.57 bits per heavy atom. The van der Waals surface area contributed by atoms with Crippen LogP contribution in [0.2, 0.25) is 0 Å². The monoisotopic (exact) mass is 287 g/mol. The minimum atomic E-state index is -0.271. The van der Waals surface area contributed by atoms with Crippen molar-refractivity contribution in [1.82, 2.24) is 5.32 Å². The zero-order chi connectivity index (χ0) is 15.1. The molecule has 0 fully saturated rings. The molecule has 0 atom stereocenters. The van der Waals surface area contributed by atoms with Gasteiger partial charge in [0.25, 0.3) is 0 Å². The van der Waals surface area contributed by atoms with Crippen molar-refractivity contribution in [2.45, 2.75) is 33.2 Å². The summed E-state index contributed by atoms with van der Waals surface area (Å²) in [7, 11) is 0. The van der Waals surface area contributed by atoms with Gasteiger partial charge in [0.2, 0.25) is 0 Å². The molecule has 0 heterocycles. The van der Waals surface area contributed by atoms with Crippen molar-refractivity contribution in [2.75, 3.05) is 6.54 Å². The Hall–Kier alpha value is -1.87. The number of hydrogen-bond donors (Lipinski definition) is 1. The normalized spacial score (nSPS) is 10.6. The molecule has 3 heteroatoms. The van der Waals surface area contributed by atoms with Gasteiger partial charge in [-0.2, -0.15) is 0 Å². The molecule has 0 aromatic heterocycles. The fourth-order valence-electron chi connectivity index (χ4n) is 2.16. The highest BCUT2D eigenvalue weighted by atomic mass is 19.1. The van der Waals surface area contributed by atoms with Crippen LogP contribution in [0.25, 0.3) is 0 Å². The summed E-state index contributed by atoms with van der Waals surface area (Å²) in [5, 5.41) is 3.27. The van der Waals surface area contributed by atoms with Crippen LogP contribution in [0.15, 0.2) is 42.5 Å². The summed E-state index contributed by atoms with van der Waals surface area (Å²) in [6.07, 6.45) is 2.01. The van der Waals surface area contributed by atoms with Crippen LogP contribution in [-0.4, -0.2) is 6.54 Å². The Balaban J connectivity index is 2.11. The lowest BCUT2D eigenvalue weighted by Gasteiger charge is -2.10. The smallest absolute Gasteiger partial charge is 0.130 e. The predicted molar refractivity (Wildman–Crippen MR) is 84.3 cm³/mol. The molecule has 0 radical (unpaired) electrons. The van der Waals surface area contributed by atoms with Gasteiger partial charge < -0.3 is 10.1 Å². The lowest BCUT2D eigenvalue weighted by molar-refractivity contribution is 0.474. The van der Waals surface area contributed by atoms with Gasteiger partial charge in [-0.1, -0.05) is 26.0 Å². The van der Waals surface area contributed by atoms with Gasteiger partial charge in [-0.25, -0.2) is 4.39 Å². The number of aryl methyl sites for hydroxylation is 1. The molecule has 2 nitrogen and oxygen atoms in total. The standard InChI is InChI=1S/C18H22FNO/c1-3-8-20-13-15-9-16(19)12-18(11-15)21-17-7-5-6-14(4-2)10-17/h5-7,9-12,20H,3-4,8,13H2,1-2H3. The zero-order valence-electron chi connectivity index (χ0n) is 12.7. The number of benzene rings is 2. The van der Waals surface area contributed by atoms with Gasteiger partial charge in [0, 0.05) is 12.6 Å². The van der Waals surface area contributed by atoms with Gasteiger partial charge >= 0.3 is 0 Å². The van der Waals surface area contributed by atoms with E-state index >= 15 is 0 Å². The van der Waals surface area contributed by atoms with Crippen molar-refractivity contribution in [1.29, 1.82) is 0 Å². The average Bonchev–Trinajstić information content (AvgIpc) is 2.47. The molecule has 0 amide bonds. The largest absolute Gasteiger partial charge is 0.457 e. The van der Waals surface area contributed by atoms with Crippen molar-refractivity contribution in [3.8, 4) is 11.5 Å². The second kappa shape index (κ2) is 7.79. The molecular weight excluding hydrogens is 265 g/mol. The Morgan fingerprint density at radius 1 is 1.00 bits per heavy atom. The number of rotatable bonds is 7. The Morgan fingerprint density at radius 2 is 1.81 bits per heavy atom. The van der Waals surface area contributed by atoms with E-state index in [0.29, 0.717) is 12.3 Å². The van der Waals surface area contributed by atoms with Gasteiger partial charge in [-0.05, 0) is 54.8 Å². The van der Waals surface area contributed by atoms with Gasteiger partial charge in [0.05, 0.1) is 0 Å².